The maximum absolute atomic E-state index is 13.8. The van der Waals surface area contributed by atoms with Gasteiger partial charge in [0.05, 0.1) is 18.8 Å². The number of tetrazole rings is 1. The maximum atomic E-state index is 13.8. The molecular formula is C30H32N6O2. The summed E-state index contributed by atoms with van der Waals surface area (Å²) < 4.78 is 7.74. The van der Waals surface area contributed by atoms with E-state index in [-0.39, 0.29) is 11.6 Å². The van der Waals surface area contributed by atoms with Crippen molar-refractivity contribution in [3.8, 4) is 0 Å². The maximum Gasteiger partial charge on any atom is 0.253 e. The third-order valence-corrected chi connectivity index (χ3v) is 7.75. The minimum atomic E-state index is -0.481. The second-order valence-corrected chi connectivity index (χ2v) is 10.4. The Morgan fingerprint density at radius 2 is 1.82 bits per heavy atom. The lowest BCUT2D eigenvalue weighted by molar-refractivity contribution is 0.176. The molecule has 6 rings (SSSR count). The number of rotatable bonds is 8. The van der Waals surface area contributed by atoms with Crippen LogP contribution in [0.25, 0.3) is 10.9 Å². The number of aryl methyl sites for hydroxylation is 2. The van der Waals surface area contributed by atoms with Gasteiger partial charge >= 0.3 is 0 Å². The number of hydrogen-bond acceptors (Lipinski definition) is 6. The molecule has 3 aromatic heterocycles. The molecule has 0 unspecified atom stereocenters. The van der Waals surface area contributed by atoms with E-state index in [2.05, 4.69) is 57.5 Å². The molecule has 3 heterocycles. The SMILES string of the molecule is Cc1cc2cc([C@H](c3nnnn3C3CCCC3)N(Cc3ccccc3)Cc3ccco3)c(=O)[nH]c2cc1C. The molecule has 8 nitrogen and oxygen atoms in total. The quantitative estimate of drug-likeness (QED) is 0.292. The summed E-state index contributed by atoms with van der Waals surface area (Å²) in [6, 6.07) is 20.1. The lowest BCUT2D eigenvalue weighted by Crippen LogP contribution is -2.35. The van der Waals surface area contributed by atoms with E-state index in [1.165, 1.54) is 5.56 Å². The molecule has 1 aliphatic carbocycles. The molecule has 0 amide bonds. The van der Waals surface area contributed by atoms with E-state index in [0.29, 0.717) is 24.5 Å². The summed E-state index contributed by atoms with van der Waals surface area (Å²) in [5, 5.41) is 14.1. The van der Waals surface area contributed by atoms with Crippen molar-refractivity contribution in [3.05, 3.63) is 111 Å². The third kappa shape index (κ3) is 4.79. The fourth-order valence-corrected chi connectivity index (χ4v) is 5.64. The smallest absolute Gasteiger partial charge is 0.253 e. The van der Waals surface area contributed by atoms with Crippen molar-refractivity contribution in [3.63, 3.8) is 0 Å². The van der Waals surface area contributed by atoms with Crippen molar-refractivity contribution in [1.82, 2.24) is 30.1 Å². The van der Waals surface area contributed by atoms with Gasteiger partial charge in [0.25, 0.3) is 5.56 Å². The summed E-state index contributed by atoms with van der Waals surface area (Å²) >= 11 is 0. The Hall–Kier alpha value is -4.04. The molecule has 1 saturated carbocycles. The van der Waals surface area contributed by atoms with Crippen molar-refractivity contribution in [2.45, 2.75) is 64.7 Å². The van der Waals surface area contributed by atoms with Crippen LogP contribution >= 0.6 is 0 Å². The highest BCUT2D eigenvalue weighted by Crippen LogP contribution is 2.35. The van der Waals surface area contributed by atoms with Crippen LogP contribution in [-0.4, -0.2) is 30.1 Å². The summed E-state index contributed by atoms with van der Waals surface area (Å²) in [6.45, 7) is 5.24. The molecule has 0 saturated heterocycles. The van der Waals surface area contributed by atoms with Gasteiger partial charge in [0.2, 0.25) is 0 Å². The molecule has 0 bridgehead atoms. The number of nitrogens with one attached hydrogen (secondary N) is 1. The van der Waals surface area contributed by atoms with Gasteiger partial charge in [0, 0.05) is 17.6 Å². The molecule has 194 valence electrons. The number of aromatic nitrogens is 5. The molecule has 5 aromatic rings. The summed E-state index contributed by atoms with van der Waals surface area (Å²) in [6.07, 6.45) is 6.07. The van der Waals surface area contributed by atoms with Crippen LogP contribution in [0.5, 0.6) is 0 Å². The predicted octanol–water partition coefficient (Wildman–Crippen LogP) is 5.63. The zero-order valence-electron chi connectivity index (χ0n) is 21.8. The number of fused-ring (bicyclic) bond motifs is 1. The van der Waals surface area contributed by atoms with Gasteiger partial charge in [-0.1, -0.05) is 43.2 Å². The predicted molar refractivity (Wildman–Crippen MR) is 146 cm³/mol. The fourth-order valence-electron chi connectivity index (χ4n) is 5.64. The second-order valence-electron chi connectivity index (χ2n) is 10.4. The average Bonchev–Trinajstić information content (AvgIpc) is 3.70. The molecule has 1 fully saturated rings. The van der Waals surface area contributed by atoms with Crippen LogP contribution < -0.4 is 5.56 Å². The van der Waals surface area contributed by atoms with Gasteiger partial charge < -0.3 is 9.40 Å². The number of hydrogen-bond donors (Lipinski definition) is 1. The number of benzene rings is 2. The Balaban J connectivity index is 1.54. The first-order chi connectivity index (χ1) is 18.6. The zero-order valence-corrected chi connectivity index (χ0v) is 21.8. The lowest BCUT2D eigenvalue weighted by Gasteiger charge is -2.31. The van der Waals surface area contributed by atoms with Gasteiger partial charge in [0.15, 0.2) is 5.82 Å². The molecule has 2 aromatic carbocycles. The summed E-state index contributed by atoms with van der Waals surface area (Å²) in [7, 11) is 0. The zero-order chi connectivity index (χ0) is 26.1. The Morgan fingerprint density at radius 1 is 1.03 bits per heavy atom. The topological polar surface area (TPSA) is 92.8 Å². The van der Waals surface area contributed by atoms with E-state index in [9.17, 15) is 4.79 Å². The van der Waals surface area contributed by atoms with Gasteiger partial charge in [-0.2, -0.15) is 0 Å². The number of H-pyrrole nitrogens is 1. The molecular weight excluding hydrogens is 476 g/mol. The summed E-state index contributed by atoms with van der Waals surface area (Å²) in [5.41, 5.74) is 4.77. The molecule has 0 radical (unpaired) electrons. The Bertz CT molecular complexity index is 1580. The fraction of sp³-hybridized carbons (Fsp3) is 0.333. The van der Waals surface area contributed by atoms with Crippen LogP contribution in [0.3, 0.4) is 0 Å². The summed E-state index contributed by atoms with van der Waals surface area (Å²) in [4.78, 5) is 19.2. The number of aromatic amines is 1. The Kier molecular flexibility index (Phi) is 6.64. The van der Waals surface area contributed by atoms with E-state index in [0.717, 1.165) is 53.5 Å². The van der Waals surface area contributed by atoms with Crippen LogP contribution in [0.2, 0.25) is 0 Å². The Labute approximate surface area is 221 Å². The molecule has 8 heteroatoms. The van der Waals surface area contributed by atoms with E-state index in [1.807, 2.05) is 47.1 Å². The standard InChI is InChI=1S/C30H32N6O2/c1-20-15-23-17-26(30(37)31-27(23)16-21(20)2)28(29-32-33-34-36(29)24-11-6-7-12-24)35(19-25-13-8-14-38-25)18-22-9-4-3-5-10-22/h3-5,8-10,13-17,24,28H,6-7,11-12,18-19H2,1-2H3,(H,31,37)/t28-/m1/s1. The highest BCUT2D eigenvalue weighted by molar-refractivity contribution is 5.81. The van der Waals surface area contributed by atoms with Crippen LogP contribution in [0, 0.1) is 13.8 Å². The number of furan rings is 1. The van der Waals surface area contributed by atoms with Gasteiger partial charge in [-0.05, 0) is 89.5 Å². The molecule has 1 atom stereocenters. The van der Waals surface area contributed by atoms with E-state index < -0.39 is 6.04 Å². The third-order valence-electron chi connectivity index (χ3n) is 7.75. The van der Waals surface area contributed by atoms with Crippen LogP contribution in [0.15, 0.2) is 76.1 Å². The minimum Gasteiger partial charge on any atom is -0.468 e. The molecule has 0 aliphatic heterocycles. The highest BCUT2D eigenvalue weighted by atomic mass is 16.3. The first-order valence-corrected chi connectivity index (χ1v) is 13.3. The molecule has 1 aliphatic rings. The van der Waals surface area contributed by atoms with Gasteiger partial charge in [-0.3, -0.25) is 9.69 Å². The average molecular weight is 509 g/mol. The van der Waals surface area contributed by atoms with Crippen LogP contribution in [-0.2, 0) is 13.1 Å². The normalized spacial score (nSPS) is 15.0. The minimum absolute atomic E-state index is 0.135. The van der Waals surface area contributed by atoms with Crippen molar-refractivity contribution < 1.29 is 4.42 Å². The molecule has 38 heavy (non-hydrogen) atoms. The molecule has 0 spiro atoms. The first kappa shape index (κ1) is 24.3. The highest BCUT2D eigenvalue weighted by Gasteiger charge is 2.33. The van der Waals surface area contributed by atoms with E-state index in [1.54, 1.807) is 6.26 Å². The van der Waals surface area contributed by atoms with Crippen molar-refractivity contribution >= 4 is 10.9 Å². The summed E-state index contributed by atoms with van der Waals surface area (Å²) in [5.74, 6) is 1.50. The van der Waals surface area contributed by atoms with Crippen molar-refractivity contribution in [1.29, 1.82) is 0 Å². The first-order valence-electron chi connectivity index (χ1n) is 13.3. The van der Waals surface area contributed by atoms with Crippen molar-refractivity contribution in [2.75, 3.05) is 0 Å². The number of pyridine rings is 1. The molecule has 1 N–H and O–H groups in total. The van der Waals surface area contributed by atoms with Crippen molar-refractivity contribution in [2.24, 2.45) is 0 Å². The lowest BCUT2D eigenvalue weighted by atomic mass is 9.99. The Morgan fingerprint density at radius 3 is 2.58 bits per heavy atom. The second kappa shape index (κ2) is 10.4. The number of nitrogens with zero attached hydrogens (tertiary/aromatic N) is 5. The van der Waals surface area contributed by atoms with Gasteiger partial charge in [-0.15, -0.1) is 5.10 Å². The van der Waals surface area contributed by atoms with Gasteiger partial charge in [-0.25, -0.2) is 4.68 Å². The van der Waals surface area contributed by atoms with Crippen LogP contribution in [0.1, 0.15) is 71.6 Å². The van der Waals surface area contributed by atoms with E-state index in [4.69, 9.17) is 4.42 Å². The van der Waals surface area contributed by atoms with Crippen LogP contribution in [0.4, 0.5) is 0 Å². The largest absolute Gasteiger partial charge is 0.468 e. The van der Waals surface area contributed by atoms with E-state index >= 15 is 0 Å². The monoisotopic (exact) mass is 508 g/mol. The van der Waals surface area contributed by atoms with Gasteiger partial charge in [0.1, 0.15) is 11.8 Å².